The van der Waals surface area contributed by atoms with E-state index in [4.69, 9.17) is 37.0 Å². The summed E-state index contributed by atoms with van der Waals surface area (Å²) in [5, 5.41) is 10.6. The molecule has 0 aromatic carbocycles. The third-order valence-corrected chi connectivity index (χ3v) is 20.2. The zero-order valence-electron chi connectivity index (χ0n) is 64.4. The lowest BCUT2D eigenvalue weighted by Gasteiger charge is -2.21. The van der Waals surface area contributed by atoms with Crippen LogP contribution in [0, 0.1) is 23.7 Å². The summed E-state index contributed by atoms with van der Waals surface area (Å²) >= 11 is 0. The van der Waals surface area contributed by atoms with E-state index >= 15 is 0 Å². The lowest BCUT2D eigenvalue weighted by molar-refractivity contribution is -0.161. The number of aliphatic hydroxyl groups is 1. The van der Waals surface area contributed by atoms with Gasteiger partial charge in [0.2, 0.25) is 0 Å². The van der Waals surface area contributed by atoms with Crippen LogP contribution in [0.1, 0.15) is 402 Å². The van der Waals surface area contributed by atoms with Crippen LogP contribution in [0.4, 0.5) is 0 Å². The maximum Gasteiger partial charge on any atom is 0.472 e. The van der Waals surface area contributed by atoms with Crippen molar-refractivity contribution in [2.24, 2.45) is 23.7 Å². The molecule has 0 amide bonds. The quantitative estimate of drug-likeness (QED) is 0.0222. The smallest absolute Gasteiger partial charge is 0.462 e. The molecule has 0 spiro atoms. The highest BCUT2D eigenvalue weighted by Gasteiger charge is 2.30. The standard InChI is InChI=1S/C79H154O17P2/c1-69(2)55-47-39-31-25-19-15-11-9-13-17-21-28-34-43-51-59-76(81)89-65-74(95-78(83)61-53-45-35-29-22-18-14-10-12-16-20-26-32-40-48-56-70(3)4)67-93-97(85,86)91-63-73(80)64-92-98(87,88)94-68-75(66-90-77(82)60-52-44-38-37-42-50-58-72(7)8)96-79(84)62-54-46-36-30-24-23-27-33-41-49-57-71(5)6/h69-75,80H,9-68H2,1-8H3,(H,85,86)(H,87,88)/t73-,74-,75-/m1/s1. The van der Waals surface area contributed by atoms with Crippen LogP contribution in [0.3, 0.4) is 0 Å². The number of unbranched alkanes of at least 4 members (excludes halogenated alkanes) is 42. The van der Waals surface area contributed by atoms with Crippen LogP contribution in [0.25, 0.3) is 0 Å². The Labute approximate surface area is 600 Å². The Morgan fingerprint density at radius 3 is 0.633 bits per heavy atom. The lowest BCUT2D eigenvalue weighted by atomic mass is 10.0. The minimum atomic E-state index is -4.96. The van der Waals surface area contributed by atoms with Crippen molar-refractivity contribution in [3.05, 3.63) is 0 Å². The second-order valence-electron chi connectivity index (χ2n) is 30.4. The van der Waals surface area contributed by atoms with Gasteiger partial charge in [-0.2, -0.15) is 0 Å². The Balaban J connectivity index is 5.23. The van der Waals surface area contributed by atoms with Gasteiger partial charge in [0, 0.05) is 25.7 Å². The van der Waals surface area contributed by atoms with E-state index < -0.39 is 97.5 Å². The molecule has 2 unspecified atom stereocenters. The van der Waals surface area contributed by atoms with E-state index in [-0.39, 0.29) is 25.7 Å². The molecule has 0 saturated heterocycles. The Bertz CT molecular complexity index is 1920. The third kappa shape index (κ3) is 72.4. The van der Waals surface area contributed by atoms with Crippen molar-refractivity contribution >= 4 is 39.5 Å². The third-order valence-electron chi connectivity index (χ3n) is 18.3. The molecule has 0 aliphatic rings. The summed E-state index contributed by atoms with van der Waals surface area (Å²) in [5.41, 5.74) is 0. The Morgan fingerprint density at radius 2 is 0.429 bits per heavy atom. The fourth-order valence-corrected chi connectivity index (χ4v) is 13.7. The van der Waals surface area contributed by atoms with Gasteiger partial charge < -0.3 is 33.8 Å². The second-order valence-corrected chi connectivity index (χ2v) is 33.3. The zero-order valence-corrected chi connectivity index (χ0v) is 66.2. The number of phosphoric ester groups is 2. The van der Waals surface area contributed by atoms with Gasteiger partial charge >= 0.3 is 39.5 Å². The van der Waals surface area contributed by atoms with Crippen molar-refractivity contribution in [3.63, 3.8) is 0 Å². The van der Waals surface area contributed by atoms with E-state index in [0.29, 0.717) is 31.6 Å². The summed E-state index contributed by atoms with van der Waals surface area (Å²) in [6.45, 7) is 14.2. The van der Waals surface area contributed by atoms with Crippen LogP contribution in [-0.4, -0.2) is 96.7 Å². The van der Waals surface area contributed by atoms with E-state index in [0.717, 1.165) is 114 Å². The van der Waals surface area contributed by atoms with E-state index in [1.165, 1.54) is 199 Å². The van der Waals surface area contributed by atoms with Gasteiger partial charge in [0.05, 0.1) is 26.4 Å². The average molecular weight is 1440 g/mol. The number of hydrogen-bond donors (Lipinski definition) is 3. The molecule has 0 aliphatic carbocycles. The van der Waals surface area contributed by atoms with Gasteiger partial charge in [-0.25, -0.2) is 9.13 Å². The van der Waals surface area contributed by atoms with Crippen molar-refractivity contribution in [1.82, 2.24) is 0 Å². The van der Waals surface area contributed by atoms with Gasteiger partial charge in [-0.1, -0.05) is 351 Å². The van der Waals surface area contributed by atoms with E-state index in [2.05, 4.69) is 55.4 Å². The largest absolute Gasteiger partial charge is 0.472 e. The first-order valence-corrected chi connectivity index (χ1v) is 43.7. The van der Waals surface area contributed by atoms with E-state index in [9.17, 15) is 43.2 Å². The molecule has 0 heterocycles. The van der Waals surface area contributed by atoms with Crippen LogP contribution in [-0.2, 0) is 65.4 Å². The molecule has 5 atom stereocenters. The summed E-state index contributed by atoms with van der Waals surface area (Å²) in [7, 11) is -9.92. The molecular formula is C79H154O17P2. The van der Waals surface area contributed by atoms with Crippen molar-refractivity contribution < 1.29 is 80.2 Å². The molecule has 0 rings (SSSR count). The van der Waals surface area contributed by atoms with Gasteiger partial charge in [0.25, 0.3) is 0 Å². The van der Waals surface area contributed by atoms with Gasteiger partial charge in [-0.3, -0.25) is 37.3 Å². The van der Waals surface area contributed by atoms with Crippen LogP contribution in [0.5, 0.6) is 0 Å². The van der Waals surface area contributed by atoms with Gasteiger partial charge in [-0.05, 0) is 49.4 Å². The Hall–Kier alpha value is -1.94. The molecule has 0 fully saturated rings. The van der Waals surface area contributed by atoms with Crippen molar-refractivity contribution in [2.75, 3.05) is 39.6 Å². The maximum absolute atomic E-state index is 13.1. The predicted octanol–water partition coefficient (Wildman–Crippen LogP) is 23.2. The molecular weight excluding hydrogens is 1280 g/mol. The SMILES string of the molecule is CC(C)CCCCCCCCCCCCCCCCCC(=O)OC[C@H](COP(=O)(O)OC[C@@H](O)COP(=O)(O)OC[C@@H](COC(=O)CCCCCCCCC(C)C)OC(=O)CCCCCCCCCCCCC(C)C)OC(=O)CCCCCCCCCCCCCCCCCC(C)C. The number of phosphoric acid groups is 2. The summed E-state index contributed by atoms with van der Waals surface area (Å²) < 4.78 is 68.6. The summed E-state index contributed by atoms with van der Waals surface area (Å²) in [4.78, 5) is 72.9. The monoisotopic (exact) mass is 1440 g/mol. The summed E-state index contributed by atoms with van der Waals surface area (Å²) in [5.74, 6) is 0.922. The molecule has 0 aromatic rings. The highest BCUT2D eigenvalue weighted by Crippen LogP contribution is 2.45. The number of aliphatic hydroxyl groups excluding tert-OH is 1. The Morgan fingerprint density at radius 1 is 0.255 bits per heavy atom. The van der Waals surface area contributed by atoms with E-state index in [1.54, 1.807) is 0 Å². The van der Waals surface area contributed by atoms with Crippen molar-refractivity contribution in [3.8, 4) is 0 Å². The molecule has 17 nitrogen and oxygen atoms in total. The molecule has 0 radical (unpaired) electrons. The minimum absolute atomic E-state index is 0.105. The number of rotatable bonds is 76. The van der Waals surface area contributed by atoms with Crippen LogP contribution in [0.15, 0.2) is 0 Å². The maximum atomic E-state index is 13.1. The normalized spacial score (nSPS) is 14.1. The fourth-order valence-electron chi connectivity index (χ4n) is 12.1. The van der Waals surface area contributed by atoms with Gasteiger partial charge in [0.1, 0.15) is 19.3 Å². The molecule has 19 heteroatoms. The molecule has 0 bridgehead atoms. The number of carbonyl (C=O) groups is 4. The molecule has 582 valence electrons. The lowest BCUT2D eigenvalue weighted by Crippen LogP contribution is -2.30. The molecule has 0 saturated carbocycles. The van der Waals surface area contributed by atoms with Crippen LogP contribution in [0.2, 0.25) is 0 Å². The van der Waals surface area contributed by atoms with Crippen molar-refractivity contribution in [2.45, 2.75) is 420 Å². The average Bonchev–Trinajstić information content (AvgIpc) is 0.940. The van der Waals surface area contributed by atoms with Crippen LogP contribution >= 0.6 is 15.6 Å². The number of hydrogen-bond acceptors (Lipinski definition) is 15. The zero-order chi connectivity index (χ0) is 72.4. The van der Waals surface area contributed by atoms with Gasteiger partial charge in [-0.15, -0.1) is 0 Å². The first kappa shape index (κ1) is 96.1. The summed E-state index contributed by atoms with van der Waals surface area (Å²) in [6.07, 6.45) is 54.3. The first-order chi connectivity index (χ1) is 47.1. The predicted molar refractivity (Wildman–Crippen MR) is 400 cm³/mol. The topological polar surface area (TPSA) is 237 Å². The second kappa shape index (κ2) is 68.2. The molecule has 0 aromatic heterocycles. The van der Waals surface area contributed by atoms with Gasteiger partial charge in [0.15, 0.2) is 12.2 Å². The highest BCUT2D eigenvalue weighted by molar-refractivity contribution is 7.47. The van der Waals surface area contributed by atoms with E-state index in [1.807, 2.05) is 0 Å². The van der Waals surface area contributed by atoms with Crippen molar-refractivity contribution in [1.29, 1.82) is 0 Å². The number of esters is 4. The first-order valence-electron chi connectivity index (χ1n) is 40.7. The molecule has 0 aliphatic heterocycles. The molecule has 98 heavy (non-hydrogen) atoms. The highest BCUT2D eigenvalue weighted by atomic mass is 31.2. The van der Waals surface area contributed by atoms with Crippen LogP contribution < -0.4 is 0 Å². The summed E-state index contributed by atoms with van der Waals surface area (Å²) in [6, 6.07) is 0. The fraction of sp³-hybridized carbons (Fsp3) is 0.949. The number of carbonyl (C=O) groups excluding carboxylic acids is 4. The number of ether oxygens (including phenoxy) is 4. The minimum Gasteiger partial charge on any atom is -0.462 e. The molecule has 3 N–H and O–H groups in total. The Kier molecular flexibility index (Phi) is 66.8.